The number of pyridine rings is 1. The summed E-state index contributed by atoms with van der Waals surface area (Å²) < 4.78 is 4.47. The number of hydrogen-bond donors (Lipinski definition) is 0. The van der Waals surface area contributed by atoms with Crippen molar-refractivity contribution in [2.24, 2.45) is 0 Å². The van der Waals surface area contributed by atoms with E-state index in [0.717, 1.165) is 72.6 Å². The maximum absolute atomic E-state index is 5.08. The van der Waals surface area contributed by atoms with Gasteiger partial charge >= 0.3 is 0 Å². The van der Waals surface area contributed by atoms with E-state index in [1.807, 2.05) is 85.1 Å². The van der Waals surface area contributed by atoms with Crippen LogP contribution in [0.5, 0.6) is 0 Å². The minimum Gasteiger partial charge on any atom is -0.309 e. The summed E-state index contributed by atoms with van der Waals surface area (Å²) in [7, 11) is 0. The highest BCUT2D eigenvalue weighted by atomic mass is 15.0. The molecule has 58 heavy (non-hydrogen) atoms. The number of imidazole rings is 1. The Morgan fingerprint density at radius 1 is 0.345 bits per heavy atom. The number of para-hydroxylation sites is 1. The van der Waals surface area contributed by atoms with Gasteiger partial charge in [-0.2, -0.15) is 0 Å². The third kappa shape index (κ3) is 5.92. The number of nitrogens with zero attached hydrogens (tertiary/aromatic N) is 6. The van der Waals surface area contributed by atoms with Crippen LogP contribution in [0.15, 0.2) is 207 Å². The molecule has 0 aliphatic carbocycles. The van der Waals surface area contributed by atoms with Crippen LogP contribution in [0.1, 0.15) is 0 Å². The second-order valence-corrected chi connectivity index (χ2v) is 14.4. The van der Waals surface area contributed by atoms with Crippen molar-refractivity contribution in [1.29, 1.82) is 0 Å². The van der Waals surface area contributed by atoms with Gasteiger partial charge in [-0.15, -0.1) is 0 Å². The molecular weight excluding hydrogens is 709 g/mol. The Morgan fingerprint density at radius 3 is 1.64 bits per heavy atom. The SMILES string of the molecule is c1ccc(-c2nc(-c3ccccc3)nc(-c3ccc(-n4c5ccccc5c5ccc(-c6cccc(-c7cn8ccccc8n7)c6)cc54)c(-c4ccccc4)c3)n2)cc1. The molecular formula is C52H34N6. The summed E-state index contributed by atoms with van der Waals surface area (Å²) in [5.41, 5.74) is 13.5. The van der Waals surface area contributed by atoms with Crippen LogP contribution in [0.2, 0.25) is 0 Å². The van der Waals surface area contributed by atoms with Gasteiger partial charge in [0.15, 0.2) is 17.5 Å². The van der Waals surface area contributed by atoms with E-state index in [1.165, 1.54) is 10.8 Å². The summed E-state index contributed by atoms with van der Waals surface area (Å²) >= 11 is 0. The molecule has 7 aromatic carbocycles. The second-order valence-electron chi connectivity index (χ2n) is 14.4. The minimum absolute atomic E-state index is 0.617. The van der Waals surface area contributed by atoms with Crippen molar-refractivity contribution in [3.8, 4) is 73.4 Å². The average Bonchev–Trinajstić information content (AvgIpc) is 3.89. The molecule has 11 rings (SSSR count). The fourth-order valence-corrected chi connectivity index (χ4v) is 8.00. The third-order valence-corrected chi connectivity index (χ3v) is 10.8. The van der Waals surface area contributed by atoms with Crippen LogP contribution >= 0.6 is 0 Å². The summed E-state index contributed by atoms with van der Waals surface area (Å²) in [6, 6.07) is 67.6. The molecule has 0 fully saturated rings. The number of rotatable bonds is 7. The lowest BCUT2D eigenvalue weighted by Gasteiger charge is -2.16. The van der Waals surface area contributed by atoms with Gasteiger partial charge in [0.05, 0.1) is 22.4 Å². The molecule has 0 aliphatic rings. The van der Waals surface area contributed by atoms with Gasteiger partial charge in [0, 0.05) is 51.0 Å². The minimum atomic E-state index is 0.617. The van der Waals surface area contributed by atoms with Crippen LogP contribution in [-0.4, -0.2) is 28.9 Å². The normalized spacial score (nSPS) is 11.4. The largest absolute Gasteiger partial charge is 0.309 e. The first-order valence-electron chi connectivity index (χ1n) is 19.4. The summed E-state index contributed by atoms with van der Waals surface area (Å²) in [5, 5.41) is 2.39. The zero-order chi connectivity index (χ0) is 38.4. The van der Waals surface area contributed by atoms with E-state index in [2.05, 4.69) is 130 Å². The molecule has 0 aliphatic heterocycles. The Labute approximate surface area is 335 Å². The lowest BCUT2D eigenvalue weighted by atomic mass is 9.99. The Kier molecular flexibility index (Phi) is 8.04. The van der Waals surface area contributed by atoms with E-state index in [0.29, 0.717) is 17.5 Å². The quantitative estimate of drug-likeness (QED) is 0.163. The van der Waals surface area contributed by atoms with Crippen molar-refractivity contribution in [3.63, 3.8) is 0 Å². The van der Waals surface area contributed by atoms with Gasteiger partial charge in [-0.1, -0.05) is 146 Å². The number of aromatic nitrogens is 6. The fourth-order valence-electron chi connectivity index (χ4n) is 8.00. The van der Waals surface area contributed by atoms with Crippen LogP contribution in [0, 0.1) is 0 Å². The zero-order valence-corrected chi connectivity index (χ0v) is 31.3. The van der Waals surface area contributed by atoms with Gasteiger partial charge in [-0.3, -0.25) is 0 Å². The molecule has 0 saturated carbocycles. The number of benzene rings is 7. The van der Waals surface area contributed by atoms with Crippen molar-refractivity contribution >= 4 is 27.5 Å². The molecule has 0 saturated heterocycles. The highest BCUT2D eigenvalue weighted by Gasteiger charge is 2.19. The first-order valence-corrected chi connectivity index (χ1v) is 19.4. The predicted molar refractivity (Wildman–Crippen MR) is 236 cm³/mol. The van der Waals surface area contributed by atoms with Gasteiger partial charge < -0.3 is 8.97 Å². The highest BCUT2D eigenvalue weighted by Crippen LogP contribution is 2.40. The summed E-state index contributed by atoms with van der Waals surface area (Å²) in [4.78, 5) is 20.0. The van der Waals surface area contributed by atoms with E-state index in [4.69, 9.17) is 19.9 Å². The Balaban J connectivity index is 1.10. The highest BCUT2D eigenvalue weighted by molar-refractivity contribution is 6.11. The molecule has 11 aromatic rings. The molecule has 0 unspecified atom stereocenters. The lowest BCUT2D eigenvalue weighted by molar-refractivity contribution is 1.07. The molecule has 0 bridgehead atoms. The lowest BCUT2D eigenvalue weighted by Crippen LogP contribution is -2.02. The van der Waals surface area contributed by atoms with Gasteiger partial charge in [0.2, 0.25) is 0 Å². The first kappa shape index (κ1) is 33.4. The first-order chi connectivity index (χ1) is 28.7. The third-order valence-electron chi connectivity index (χ3n) is 10.8. The maximum atomic E-state index is 5.08. The molecule has 0 atom stereocenters. The topological polar surface area (TPSA) is 60.9 Å². The van der Waals surface area contributed by atoms with Crippen molar-refractivity contribution in [1.82, 2.24) is 28.9 Å². The van der Waals surface area contributed by atoms with Crippen molar-refractivity contribution in [3.05, 3.63) is 207 Å². The summed E-state index contributed by atoms with van der Waals surface area (Å²) in [5.74, 6) is 1.89. The Morgan fingerprint density at radius 2 is 0.914 bits per heavy atom. The van der Waals surface area contributed by atoms with Crippen molar-refractivity contribution < 1.29 is 0 Å². The average molecular weight is 743 g/mol. The van der Waals surface area contributed by atoms with E-state index in [1.54, 1.807) is 0 Å². The monoisotopic (exact) mass is 742 g/mol. The summed E-state index contributed by atoms with van der Waals surface area (Å²) in [6.07, 6.45) is 4.12. The smallest absolute Gasteiger partial charge is 0.164 e. The van der Waals surface area contributed by atoms with Crippen molar-refractivity contribution in [2.45, 2.75) is 0 Å². The molecule has 0 spiro atoms. The predicted octanol–water partition coefficient (Wildman–Crippen LogP) is 12.6. The van der Waals surface area contributed by atoms with Crippen LogP contribution in [-0.2, 0) is 0 Å². The van der Waals surface area contributed by atoms with E-state index >= 15 is 0 Å². The number of fused-ring (bicyclic) bond motifs is 4. The molecule has 4 heterocycles. The molecule has 0 radical (unpaired) electrons. The van der Waals surface area contributed by atoms with Gasteiger partial charge in [-0.05, 0) is 65.2 Å². The zero-order valence-electron chi connectivity index (χ0n) is 31.3. The van der Waals surface area contributed by atoms with Crippen LogP contribution in [0.3, 0.4) is 0 Å². The van der Waals surface area contributed by atoms with Crippen LogP contribution in [0.4, 0.5) is 0 Å². The second kappa shape index (κ2) is 14.0. The van der Waals surface area contributed by atoms with Gasteiger partial charge in [0.25, 0.3) is 0 Å². The van der Waals surface area contributed by atoms with Gasteiger partial charge in [-0.25, -0.2) is 19.9 Å². The molecule has 6 heteroatoms. The van der Waals surface area contributed by atoms with Gasteiger partial charge in [0.1, 0.15) is 5.65 Å². The Hall–Kier alpha value is -7.96. The van der Waals surface area contributed by atoms with E-state index < -0.39 is 0 Å². The summed E-state index contributed by atoms with van der Waals surface area (Å²) in [6.45, 7) is 0. The van der Waals surface area contributed by atoms with Crippen molar-refractivity contribution in [2.75, 3.05) is 0 Å². The molecule has 4 aromatic heterocycles. The molecule has 0 N–H and O–H groups in total. The van der Waals surface area contributed by atoms with E-state index in [9.17, 15) is 0 Å². The Bertz CT molecular complexity index is 3190. The molecule has 6 nitrogen and oxygen atoms in total. The fraction of sp³-hybridized carbons (Fsp3) is 0. The maximum Gasteiger partial charge on any atom is 0.164 e. The standard InChI is InChI=1S/C52H34N6/c1-4-15-35(16-5-1)44-32-41(52-55-50(36-17-6-2-7-18-36)54-51(56-52)37-19-8-3-9-20-37)27-29-47(44)58-46-24-11-10-23-42(46)43-28-26-39(33-48(43)58)38-21-14-22-40(31-38)45-34-57-30-13-12-25-49(57)53-45/h1-34H. The molecule has 272 valence electrons. The van der Waals surface area contributed by atoms with E-state index in [-0.39, 0.29) is 0 Å². The van der Waals surface area contributed by atoms with Crippen LogP contribution in [0.25, 0.3) is 101 Å². The van der Waals surface area contributed by atoms with Crippen LogP contribution < -0.4 is 0 Å². The molecule has 0 amide bonds. The number of hydrogen-bond acceptors (Lipinski definition) is 4.